The van der Waals surface area contributed by atoms with Gasteiger partial charge in [-0.05, 0) is 69.0 Å². The normalized spacial score (nSPS) is 24.0. The first-order valence-electron chi connectivity index (χ1n) is 6.83. The summed E-state index contributed by atoms with van der Waals surface area (Å²) in [5.74, 6) is 0. The van der Waals surface area contributed by atoms with Crippen LogP contribution >= 0.6 is 0 Å². The van der Waals surface area contributed by atoms with Gasteiger partial charge in [-0.15, -0.1) is 0 Å². The lowest BCUT2D eigenvalue weighted by molar-refractivity contribution is 0.437. The van der Waals surface area contributed by atoms with E-state index in [-0.39, 0.29) is 5.54 Å². The molecule has 0 spiro atoms. The topological polar surface area (TPSA) is 17.0 Å². The molecule has 2 nitrogen and oxygen atoms in total. The summed E-state index contributed by atoms with van der Waals surface area (Å²) >= 11 is 0. The van der Waals surface area contributed by atoms with E-state index < -0.39 is 0 Å². The Labute approximate surface area is 109 Å². The molecule has 3 rings (SSSR count). The van der Waals surface area contributed by atoms with Crippen LogP contribution in [0.5, 0.6) is 0 Å². The molecule has 1 aromatic carbocycles. The van der Waals surface area contributed by atoms with E-state index in [0.29, 0.717) is 0 Å². The highest BCUT2D eigenvalue weighted by molar-refractivity contribution is 5.86. The Morgan fingerprint density at radius 3 is 2.61 bits per heavy atom. The third kappa shape index (κ3) is 1.59. The van der Waals surface area contributed by atoms with Crippen molar-refractivity contribution < 1.29 is 0 Å². The van der Waals surface area contributed by atoms with Crippen molar-refractivity contribution in [1.82, 2.24) is 9.88 Å². The van der Waals surface area contributed by atoms with Crippen LogP contribution in [0.3, 0.4) is 0 Å². The maximum atomic E-state index is 3.68. The minimum atomic E-state index is 0.154. The van der Waals surface area contributed by atoms with E-state index in [1.54, 1.807) is 0 Å². The molecule has 2 heterocycles. The Bertz CT molecular complexity index is 601. The van der Waals surface area contributed by atoms with Gasteiger partial charge in [0, 0.05) is 29.7 Å². The van der Waals surface area contributed by atoms with Gasteiger partial charge in [-0.1, -0.05) is 0 Å². The Morgan fingerprint density at radius 1 is 1.22 bits per heavy atom. The van der Waals surface area contributed by atoms with E-state index in [0.717, 1.165) is 6.54 Å². The van der Waals surface area contributed by atoms with Crippen LogP contribution in [0.4, 0.5) is 0 Å². The number of benzene rings is 1. The van der Waals surface area contributed by atoms with Crippen LogP contribution in [-0.4, -0.2) is 11.1 Å². The Morgan fingerprint density at radius 2 is 1.94 bits per heavy atom. The third-order valence-corrected chi connectivity index (χ3v) is 4.57. The highest BCUT2D eigenvalue weighted by Crippen LogP contribution is 2.36. The first-order valence-corrected chi connectivity index (χ1v) is 6.83. The van der Waals surface area contributed by atoms with Gasteiger partial charge in [0.25, 0.3) is 0 Å². The van der Waals surface area contributed by atoms with E-state index in [1.807, 2.05) is 0 Å². The molecule has 1 aliphatic rings. The van der Waals surface area contributed by atoms with Crippen molar-refractivity contribution >= 4 is 10.9 Å². The van der Waals surface area contributed by atoms with Crippen molar-refractivity contribution in [3.63, 3.8) is 0 Å². The van der Waals surface area contributed by atoms with Gasteiger partial charge >= 0.3 is 0 Å². The van der Waals surface area contributed by atoms with Crippen molar-refractivity contribution in [3.8, 4) is 0 Å². The minimum absolute atomic E-state index is 0.154. The Balaban J connectivity index is 2.27. The van der Waals surface area contributed by atoms with Crippen molar-refractivity contribution in [2.24, 2.45) is 7.05 Å². The van der Waals surface area contributed by atoms with Gasteiger partial charge in [-0.2, -0.15) is 0 Å². The number of hydrogen-bond acceptors (Lipinski definition) is 1. The Hall–Kier alpha value is -1.28. The molecule has 0 aliphatic carbocycles. The zero-order valence-electron chi connectivity index (χ0n) is 11.8. The fraction of sp³-hybridized carbons (Fsp3) is 0.500. The maximum absolute atomic E-state index is 3.68. The van der Waals surface area contributed by atoms with Crippen LogP contribution in [0, 0.1) is 13.8 Å². The van der Waals surface area contributed by atoms with Crippen LogP contribution < -0.4 is 5.32 Å². The van der Waals surface area contributed by atoms with E-state index in [9.17, 15) is 0 Å². The van der Waals surface area contributed by atoms with Gasteiger partial charge in [0.1, 0.15) is 0 Å². The first kappa shape index (κ1) is 11.8. The average Bonchev–Trinajstić information content (AvgIpc) is 2.88. The second kappa shape index (κ2) is 3.86. The van der Waals surface area contributed by atoms with Crippen LogP contribution in [-0.2, 0) is 12.6 Å². The molecular formula is C16H22N2. The first-order chi connectivity index (χ1) is 8.51. The summed E-state index contributed by atoms with van der Waals surface area (Å²) < 4.78 is 2.27. The molecule has 0 saturated carbocycles. The second-order valence-electron chi connectivity index (χ2n) is 5.97. The van der Waals surface area contributed by atoms with E-state index in [2.05, 4.69) is 56.0 Å². The summed E-state index contributed by atoms with van der Waals surface area (Å²) in [7, 11) is 2.15. The van der Waals surface area contributed by atoms with Gasteiger partial charge in [0.2, 0.25) is 0 Å². The lowest BCUT2D eigenvalue weighted by Gasteiger charge is -2.24. The van der Waals surface area contributed by atoms with Crippen LogP contribution in [0.15, 0.2) is 18.3 Å². The molecule has 2 aromatic rings. The fourth-order valence-electron chi connectivity index (χ4n) is 3.21. The highest BCUT2D eigenvalue weighted by atomic mass is 15.0. The van der Waals surface area contributed by atoms with Crippen molar-refractivity contribution in [2.75, 3.05) is 6.54 Å². The zero-order chi connectivity index (χ0) is 12.9. The smallest absolute Gasteiger partial charge is 0.0484 e. The average molecular weight is 242 g/mol. The molecule has 1 aromatic heterocycles. The standard InChI is InChI=1S/C16H22N2/c1-11-8-13-14(16(3)6-5-7-17-16)10-18(4)15(13)9-12(11)2/h8-10,17H,5-7H2,1-4H3. The quantitative estimate of drug-likeness (QED) is 0.811. The molecule has 0 amide bonds. The summed E-state index contributed by atoms with van der Waals surface area (Å²) in [6.07, 6.45) is 4.82. The summed E-state index contributed by atoms with van der Waals surface area (Å²) in [4.78, 5) is 0. The minimum Gasteiger partial charge on any atom is -0.350 e. The van der Waals surface area contributed by atoms with Gasteiger partial charge in [0.15, 0.2) is 0 Å². The number of hydrogen-bond donors (Lipinski definition) is 1. The van der Waals surface area contributed by atoms with Crippen LogP contribution in [0.1, 0.15) is 36.5 Å². The summed E-state index contributed by atoms with van der Waals surface area (Å²) in [6, 6.07) is 4.66. The molecule has 1 fully saturated rings. The molecule has 0 radical (unpaired) electrons. The molecule has 1 aliphatic heterocycles. The monoisotopic (exact) mass is 242 g/mol. The molecular weight excluding hydrogens is 220 g/mol. The molecule has 1 atom stereocenters. The predicted octanol–water partition coefficient (Wildman–Crippen LogP) is 3.39. The van der Waals surface area contributed by atoms with Gasteiger partial charge in [-0.3, -0.25) is 0 Å². The predicted molar refractivity (Wildman–Crippen MR) is 77.0 cm³/mol. The van der Waals surface area contributed by atoms with Gasteiger partial charge in [-0.25, -0.2) is 0 Å². The number of rotatable bonds is 1. The van der Waals surface area contributed by atoms with Crippen LogP contribution in [0.25, 0.3) is 10.9 Å². The number of nitrogens with zero attached hydrogens (tertiary/aromatic N) is 1. The number of nitrogens with one attached hydrogen (secondary N) is 1. The number of aromatic nitrogens is 1. The van der Waals surface area contributed by atoms with Gasteiger partial charge < -0.3 is 9.88 Å². The molecule has 18 heavy (non-hydrogen) atoms. The molecule has 96 valence electrons. The van der Waals surface area contributed by atoms with E-state index in [4.69, 9.17) is 0 Å². The lowest BCUT2D eigenvalue weighted by atomic mass is 9.89. The highest BCUT2D eigenvalue weighted by Gasteiger charge is 2.32. The van der Waals surface area contributed by atoms with E-state index in [1.165, 1.54) is 40.4 Å². The zero-order valence-corrected chi connectivity index (χ0v) is 11.8. The maximum Gasteiger partial charge on any atom is 0.0484 e. The molecule has 2 heteroatoms. The van der Waals surface area contributed by atoms with E-state index >= 15 is 0 Å². The summed E-state index contributed by atoms with van der Waals surface area (Å²) in [5, 5.41) is 5.09. The largest absolute Gasteiger partial charge is 0.350 e. The van der Waals surface area contributed by atoms with Gasteiger partial charge in [0.05, 0.1) is 0 Å². The number of fused-ring (bicyclic) bond motifs is 1. The number of aryl methyl sites for hydroxylation is 3. The van der Waals surface area contributed by atoms with Crippen molar-refractivity contribution in [2.45, 2.75) is 39.2 Å². The summed E-state index contributed by atoms with van der Waals surface area (Å²) in [5.41, 5.74) is 5.72. The van der Waals surface area contributed by atoms with Crippen molar-refractivity contribution in [1.29, 1.82) is 0 Å². The molecule has 0 bridgehead atoms. The lowest BCUT2D eigenvalue weighted by Crippen LogP contribution is -2.32. The second-order valence-corrected chi connectivity index (χ2v) is 5.97. The summed E-state index contributed by atoms with van der Waals surface area (Å²) in [6.45, 7) is 7.87. The van der Waals surface area contributed by atoms with Crippen LogP contribution in [0.2, 0.25) is 0 Å². The molecule has 1 unspecified atom stereocenters. The molecule has 1 N–H and O–H groups in total. The third-order valence-electron chi connectivity index (χ3n) is 4.57. The fourth-order valence-corrected chi connectivity index (χ4v) is 3.21. The van der Waals surface area contributed by atoms with Crippen molar-refractivity contribution in [3.05, 3.63) is 35.0 Å². The SMILES string of the molecule is Cc1cc2c(C3(C)CCCN3)cn(C)c2cc1C. The Kier molecular flexibility index (Phi) is 2.53. The molecule has 1 saturated heterocycles.